The fraction of sp³-hybridized carbons (Fsp3) is 0.500. The van der Waals surface area contributed by atoms with Gasteiger partial charge in [-0.15, -0.1) is 0 Å². The van der Waals surface area contributed by atoms with Crippen LogP contribution in [0.25, 0.3) is 0 Å². The molecule has 1 aromatic carbocycles. The second-order valence-corrected chi connectivity index (χ2v) is 6.01. The normalized spacial score (nSPS) is 25.3. The second kappa shape index (κ2) is 6.44. The van der Waals surface area contributed by atoms with Crippen molar-refractivity contribution in [3.63, 3.8) is 0 Å². The van der Waals surface area contributed by atoms with Gasteiger partial charge in [0.05, 0.1) is 24.7 Å². The minimum absolute atomic E-state index is 0.00461. The van der Waals surface area contributed by atoms with Crippen molar-refractivity contribution >= 4 is 5.97 Å². The first-order chi connectivity index (χ1) is 9.92. The van der Waals surface area contributed by atoms with E-state index in [1.54, 1.807) is 0 Å². The van der Waals surface area contributed by atoms with Crippen LogP contribution in [-0.2, 0) is 14.3 Å². The number of benzene rings is 1. The SMILES string of the molecule is CCOC(=O)C[C@]1(C)C=C(C)C[C@H](c2ccc(C)cc2)O1. The average molecular weight is 288 g/mol. The Hall–Kier alpha value is -1.61. The van der Waals surface area contributed by atoms with Gasteiger partial charge < -0.3 is 9.47 Å². The molecule has 2 rings (SSSR count). The molecule has 3 heteroatoms. The average Bonchev–Trinajstić information content (AvgIpc) is 2.37. The fourth-order valence-electron chi connectivity index (χ4n) is 2.83. The zero-order valence-electron chi connectivity index (χ0n) is 13.3. The first-order valence-corrected chi connectivity index (χ1v) is 7.50. The fourth-order valence-corrected chi connectivity index (χ4v) is 2.83. The molecule has 1 aromatic rings. The molecule has 0 fully saturated rings. The van der Waals surface area contributed by atoms with Gasteiger partial charge in [0.15, 0.2) is 0 Å². The minimum atomic E-state index is -0.593. The van der Waals surface area contributed by atoms with Gasteiger partial charge in [-0.3, -0.25) is 4.79 Å². The zero-order valence-corrected chi connectivity index (χ0v) is 13.3. The van der Waals surface area contributed by atoms with E-state index in [9.17, 15) is 4.79 Å². The maximum Gasteiger partial charge on any atom is 0.309 e. The van der Waals surface area contributed by atoms with Crippen LogP contribution in [0.1, 0.15) is 50.8 Å². The highest BCUT2D eigenvalue weighted by atomic mass is 16.5. The molecule has 1 aliphatic rings. The third-order valence-corrected chi connectivity index (χ3v) is 3.72. The molecule has 0 amide bonds. The van der Waals surface area contributed by atoms with Crippen molar-refractivity contribution in [2.24, 2.45) is 0 Å². The number of aryl methyl sites for hydroxylation is 1. The Bertz CT molecular complexity index is 530. The van der Waals surface area contributed by atoms with Gasteiger partial charge in [0.2, 0.25) is 0 Å². The predicted molar refractivity (Wildman–Crippen MR) is 83.0 cm³/mol. The number of ether oxygens (including phenoxy) is 2. The predicted octanol–water partition coefficient (Wildman–Crippen LogP) is 4.11. The molecule has 3 nitrogen and oxygen atoms in total. The molecule has 0 unspecified atom stereocenters. The molecule has 0 aromatic heterocycles. The van der Waals surface area contributed by atoms with Gasteiger partial charge in [-0.25, -0.2) is 0 Å². The van der Waals surface area contributed by atoms with Gasteiger partial charge in [-0.1, -0.05) is 41.5 Å². The molecule has 1 aliphatic heterocycles. The minimum Gasteiger partial charge on any atom is -0.466 e. The largest absolute Gasteiger partial charge is 0.466 e. The van der Waals surface area contributed by atoms with Crippen molar-refractivity contribution < 1.29 is 14.3 Å². The summed E-state index contributed by atoms with van der Waals surface area (Å²) in [5, 5.41) is 0. The van der Waals surface area contributed by atoms with E-state index < -0.39 is 5.60 Å². The Morgan fingerprint density at radius 2 is 2.00 bits per heavy atom. The number of carbonyl (C=O) groups excluding carboxylic acids is 1. The van der Waals surface area contributed by atoms with E-state index in [0.29, 0.717) is 6.61 Å². The van der Waals surface area contributed by atoms with E-state index in [4.69, 9.17) is 9.47 Å². The van der Waals surface area contributed by atoms with E-state index in [-0.39, 0.29) is 18.5 Å². The Morgan fingerprint density at radius 1 is 1.33 bits per heavy atom. The molecule has 2 atom stereocenters. The van der Waals surface area contributed by atoms with Crippen LogP contribution in [0.2, 0.25) is 0 Å². The molecule has 0 bridgehead atoms. The van der Waals surface area contributed by atoms with Gasteiger partial charge in [0, 0.05) is 0 Å². The van der Waals surface area contributed by atoms with Crippen LogP contribution in [0.5, 0.6) is 0 Å². The first-order valence-electron chi connectivity index (χ1n) is 7.50. The Balaban J connectivity index is 2.16. The highest BCUT2D eigenvalue weighted by molar-refractivity contribution is 5.71. The zero-order chi connectivity index (χ0) is 15.5. The second-order valence-electron chi connectivity index (χ2n) is 6.01. The molecule has 0 radical (unpaired) electrons. The van der Waals surface area contributed by atoms with E-state index in [0.717, 1.165) is 12.0 Å². The van der Waals surface area contributed by atoms with Crippen molar-refractivity contribution in [1.82, 2.24) is 0 Å². The summed E-state index contributed by atoms with van der Waals surface area (Å²) in [5.74, 6) is -0.214. The molecular weight excluding hydrogens is 264 g/mol. The van der Waals surface area contributed by atoms with Crippen LogP contribution >= 0.6 is 0 Å². The first kappa shape index (κ1) is 15.8. The van der Waals surface area contributed by atoms with Gasteiger partial charge in [-0.2, -0.15) is 0 Å². The maximum absolute atomic E-state index is 11.8. The molecule has 0 saturated heterocycles. The number of hydrogen-bond donors (Lipinski definition) is 0. The van der Waals surface area contributed by atoms with Crippen LogP contribution < -0.4 is 0 Å². The molecular formula is C18H24O3. The van der Waals surface area contributed by atoms with Crippen molar-refractivity contribution in [1.29, 1.82) is 0 Å². The Labute approximate surface area is 127 Å². The number of esters is 1. The lowest BCUT2D eigenvalue weighted by Crippen LogP contribution is -2.35. The van der Waals surface area contributed by atoms with Crippen LogP contribution in [0.3, 0.4) is 0 Å². The van der Waals surface area contributed by atoms with Crippen molar-refractivity contribution in [3.8, 4) is 0 Å². The summed E-state index contributed by atoms with van der Waals surface area (Å²) in [4.78, 5) is 11.8. The summed E-state index contributed by atoms with van der Waals surface area (Å²) < 4.78 is 11.3. The van der Waals surface area contributed by atoms with Crippen molar-refractivity contribution in [3.05, 3.63) is 47.0 Å². The Morgan fingerprint density at radius 3 is 2.62 bits per heavy atom. The highest BCUT2D eigenvalue weighted by Crippen LogP contribution is 2.38. The number of hydrogen-bond acceptors (Lipinski definition) is 3. The summed E-state index contributed by atoms with van der Waals surface area (Å²) in [5.41, 5.74) is 3.04. The summed E-state index contributed by atoms with van der Waals surface area (Å²) in [6.07, 6.45) is 3.16. The number of carbonyl (C=O) groups is 1. The monoisotopic (exact) mass is 288 g/mol. The third-order valence-electron chi connectivity index (χ3n) is 3.72. The lowest BCUT2D eigenvalue weighted by Gasteiger charge is -2.36. The summed E-state index contributed by atoms with van der Waals surface area (Å²) in [7, 11) is 0. The number of rotatable bonds is 4. The van der Waals surface area contributed by atoms with E-state index in [1.165, 1.54) is 11.1 Å². The van der Waals surface area contributed by atoms with E-state index >= 15 is 0 Å². The molecule has 0 N–H and O–H groups in total. The molecule has 0 spiro atoms. The molecule has 114 valence electrons. The van der Waals surface area contributed by atoms with Crippen LogP contribution in [-0.4, -0.2) is 18.2 Å². The molecule has 21 heavy (non-hydrogen) atoms. The lowest BCUT2D eigenvalue weighted by atomic mass is 9.90. The summed E-state index contributed by atoms with van der Waals surface area (Å²) >= 11 is 0. The highest BCUT2D eigenvalue weighted by Gasteiger charge is 2.34. The van der Waals surface area contributed by atoms with Crippen LogP contribution in [0.15, 0.2) is 35.9 Å². The third kappa shape index (κ3) is 4.18. The topological polar surface area (TPSA) is 35.5 Å². The van der Waals surface area contributed by atoms with E-state index in [1.807, 2.05) is 13.8 Å². The van der Waals surface area contributed by atoms with E-state index in [2.05, 4.69) is 44.2 Å². The molecule has 0 saturated carbocycles. The van der Waals surface area contributed by atoms with Crippen molar-refractivity contribution in [2.75, 3.05) is 6.61 Å². The quantitative estimate of drug-likeness (QED) is 0.617. The van der Waals surface area contributed by atoms with Gasteiger partial charge >= 0.3 is 5.97 Å². The lowest BCUT2D eigenvalue weighted by molar-refractivity contribution is -0.151. The standard InChI is InChI=1S/C18H24O3/c1-5-20-17(19)12-18(4)11-14(3)10-16(21-18)15-8-6-13(2)7-9-15/h6-9,11,16H,5,10,12H2,1-4H3/t16-,18+/m1/s1. The van der Waals surface area contributed by atoms with Crippen LogP contribution in [0.4, 0.5) is 0 Å². The molecule has 0 aliphatic carbocycles. The molecule has 1 heterocycles. The maximum atomic E-state index is 11.8. The van der Waals surface area contributed by atoms with Gasteiger partial charge in [-0.05, 0) is 39.7 Å². The van der Waals surface area contributed by atoms with Gasteiger partial charge in [0.1, 0.15) is 0 Å². The Kier molecular flexibility index (Phi) is 4.84. The van der Waals surface area contributed by atoms with Crippen molar-refractivity contribution in [2.45, 2.75) is 52.2 Å². The smallest absolute Gasteiger partial charge is 0.309 e. The van der Waals surface area contributed by atoms with Gasteiger partial charge in [0.25, 0.3) is 0 Å². The van der Waals surface area contributed by atoms with Crippen LogP contribution in [0, 0.1) is 6.92 Å². The summed E-state index contributed by atoms with van der Waals surface area (Å²) in [6, 6.07) is 8.39. The summed E-state index contributed by atoms with van der Waals surface area (Å²) in [6.45, 7) is 8.33.